The number of hydrogen-bond acceptors (Lipinski definition) is 3. The number of rotatable bonds is 12. The van der Waals surface area contributed by atoms with E-state index < -0.39 is 6.04 Å². The van der Waals surface area contributed by atoms with Crippen molar-refractivity contribution in [2.24, 2.45) is 0 Å². The van der Waals surface area contributed by atoms with E-state index in [1.807, 2.05) is 25.1 Å². The van der Waals surface area contributed by atoms with Crippen LogP contribution in [-0.2, 0) is 16.0 Å². The van der Waals surface area contributed by atoms with Crippen molar-refractivity contribution < 1.29 is 9.59 Å². The van der Waals surface area contributed by atoms with Crippen LogP contribution < -0.4 is 5.32 Å². The Morgan fingerprint density at radius 3 is 2.43 bits per heavy atom. The fourth-order valence-corrected chi connectivity index (χ4v) is 3.98. The number of hydrogen-bond donors (Lipinski definition) is 1. The van der Waals surface area contributed by atoms with Crippen LogP contribution in [0.5, 0.6) is 0 Å². The number of unbranched alkanes of at least 4 members (excludes halogenated alkanes) is 1. The zero-order valence-electron chi connectivity index (χ0n) is 18.4. The van der Waals surface area contributed by atoms with Crippen LogP contribution in [0.15, 0.2) is 59.5 Å². The average Bonchev–Trinajstić information content (AvgIpc) is 2.76. The molecule has 0 bridgehead atoms. The molecule has 2 rings (SSSR count). The molecular formula is C25H34N2O2S. The minimum Gasteiger partial charge on any atom is -0.354 e. The third kappa shape index (κ3) is 8.23. The number of aryl methyl sites for hydroxylation is 1. The third-order valence-corrected chi connectivity index (χ3v) is 6.10. The molecule has 0 fully saturated rings. The van der Waals surface area contributed by atoms with Gasteiger partial charge in [-0.05, 0) is 44.4 Å². The molecule has 0 saturated heterocycles. The molecule has 30 heavy (non-hydrogen) atoms. The molecule has 0 aromatic heterocycles. The molecule has 2 aromatic rings. The summed E-state index contributed by atoms with van der Waals surface area (Å²) in [5, 5.41) is 2.97. The molecule has 0 aliphatic rings. The van der Waals surface area contributed by atoms with Crippen LogP contribution >= 0.6 is 11.8 Å². The van der Waals surface area contributed by atoms with E-state index in [2.05, 4.69) is 55.6 Å². The van der Waals surface area contributed by atoms with Gasteiger partial charge < -0.3 is 10.2 Å². The van der Waals surface area contributed by atoms with Gasteiger partial charge in [0.05, 0.1) is 0 Å². The maximum Gasteiger partial charge on any atom is 0.242 e. The maximum absolute atomic E-state index is 13.0. The van der Waals surface area contributed by atoms with Crippen LogP contribution in [0.1, 0.15) is 44.2 Å². The van der Waals surface area contributed by atoms with Crippen molar-refractivity contribution in [2.75, 3.05) is 18.8 Å². The largest absolute Gasteiger partial charge is 0.354 e. The number of carbonyl (C=O) groups is 2. The lowest BCUT2D eigenvalue weighted by atomic mass is 10.1. The second kappa shape index (κ2) is 13.1. The van der Waals surface area contributed by atoms with Gasteiger partial charge in [-0.25, -0.2) is 0 Å². The van der Waals surface area contributed by atoms with Gasteiger partial charge in [-0.3, -0.25) is 9.59 Å². The Morgan fingerprint density at radius 2 is 1.77 bits per heavy atom. The zero-order chi connectivity index (χ0) is 21.8. The molecule has 0 aliphatic carbocycles. The van der Waals surface area contributed by atoms with E-state index in [1.165, 1.54) is 11.1 Å². The van der Waals surface area contributed by atoms with Gasteiger partial charge in [0, 0.05) is 30.2 Å². The number of nitrogens with one attached hydrogen (secondary N) is 1. The van der Waals surface area contributed by atoms with Crippen LogP contribution in [0.2, 0.25) is 0 Å². The number of benzene rings is 2. The minimum absolute atomic E-state index is 0.0312. The lowest BCUT2D eigenvalue weighted by Gasteiger charge is -2.29. The van der Waals surface area contributed by atoms with Crippen molar-refractivity contribution in [1.82, 2.24) is 10.2 Å². The van der Waals surface area contributed by atoms with Gasteiger partial charge in [-0.1, -0.05) is 61.4 Å². The molecule has 5 heteroatoms. The Bertz CT molecular complexity index is 777. The minimum atomic E-state index is -0.470. The van der Waals surface area contributed by atoms with Crippen molar-refractivity contribution in [3.05, 3.63) is 65.7 Å². The smallest absolute Gasteiger partial charge is 0.242 e. The first-order chi connectivity index (χ1) is 14.5. The Morgan fingerprint density at radius 1 is 1.07 bits per heavy atom. The molecule has 1 N–H and O–H groups in total. The Hall–Kier alpha value is -2.27. The second-order valence-electron chi connectivity index (χ2n) is 7.55. The molecule has 0 unspecified atom stereocenters. The number of thioether (sulfide) groups is 1. The maximum atomic E-state index is 13.0. The summed E-state index contributed by atoms with van der Waals surface area (Å²) in [7, 11) is 0. The fraction of sp³-hybridized carbons (Fsp3) is 0.440. The van der Waals surface area contributed by atoms with Gasteiger partial charge in [0.15, 0.2) is 0 Å². The van der Waals surface area contributed by atoms with E-state index in [0.29, 0.717) is 25.3 Å². The lowest BCUT2D eigenvalue weighted by molar-refractivity contribution is -0.139. The number of amides is 2. The summed E-state index contributed by atoms with van der Waals surface area (Å²) >= 11 is 1.68. The van der Waals surface area contributed by atoms with E-state index in [-0.39, 0.29) is 11.8 Å². The van der Waals surface area contributed by atoms with Gasteiger partial charge in [-0.2, -0.15) is 0 Å². The van der Waals surface area contributed by atoms with Gasteiger partial charge in [0.1, 0.15) is 6.04 Å². The molecule has 2 aromatic carbocycles. The molecule has 0 radical (unpaired) electrons. The first-order valence-electron chi connectivity index (χ1n) is 10.8. The van der Waals surface area contributed by atoms with Crippen LogP contribution in [0.3, 0.4) is 0 Å². The predicted octanol–water partition coefficient (Wildman–Crippen LogP) is 4.85. The number of nitrogens with zero attached hydrogens (tertiary/aromatic N) is 1. The summed E-state index contributed by atoms with van der Waals surface area (Å²) in [5.41, 5.74) is 2.40. The van der Waals surface area contributed by atoms with Crippen LogP contribution in [-0.4, -0.2) is 41.6 Å². The molecule has 2 amide bonds. The molecule has 0 aliphatic heterocycles. The van der Waals surface area contributed by atoms with Crippen molar-refractivity contribution in [3.8, 4) is 0 Å². The lowest BCUT2D eigenvalue weighted by Crippen LogP contribution is -2.49. The van der Waals surface area contributed by atoms with Gasteiger partial charge in [-0.15, -0.1) is 11.8 Å². The van der Waals surface area contributed by atoms with E-state index in [1.54, 1.807) is 16.7 Å². The van der Waals surface area contributed by atoms with E-state index in [0.717, 1.165) is 24.2 Å². The topological polar surface area (TPSA) is 49.4 Å². The highest BCUT2D eigenvalue weighted by atomic mass is 32.2. The van der Waals surface area contributed by atoms with Gasteiger partial charge in [0.2, 0.25) is 11.8 Å². The van der Waals surface area contributed by atoms with E-state index in [9.17, 15) is 9.59 Å². The molecule has 0 heterocycles. The SMILES string of the molecule is CCCCNC(=O)[C@@H](C)N(CCc1ccccc1)C(=O)CCSc1ccc(C)cc1. The zero-order valence-corrected chi connectivity index (χ0v) is 19.2. The quantitative estimate of drug-likeness (QED) is 0.390. The summed E-state index contributed by atoms with van der Waals surface area (Å²) in [5.74, 6) is 0.660. The van der Waals surface area contributed by atoms with Crippen LogP contribution in [0.25, 0.3) is 0 Å². The van der Waals surface area contributed by atoms with Crippen molar-refractivity contribution in [3.63, 3.8) is 0 Å². The summed E-state index contributed by atoms with van der Waals surface area (Å²) < 4.78 is 0. The highest BCUT2D eigenvalue weighted by Crippen LogP contribution is 2.20. The highest BCUT2D eigenvalue weighted by Gasteiger charge is 2.25. The molecule has 0 spiro atoms. The van der Waals surface area contributed by atoms with Gasteiger partial charge >= 0.3 is 0 Å². The van der Waals surface area contributed by atoms with Crippen LogP contribution in [0, 0.1) is 6.92 Å². The Kier molecular flexibility index (Phi) is 10.5. The molecular weight excluding hydrogens is 392 g/mol. The summed E-state index contributed by atoms with van der Waals surface area (Å²) in [6.45, 7) is 7.19. The van der Waals surface area contributed by atoms with E-state index >= 15 is 0 Å². The second-order valence-corrected chi connectivity index (χ2v) is 8.72. The first kappa shape index (κ1) is 24.0. The fourth-order valence-electron chi connectivity index (χ4n) is 3.14. The predicted molar refractivity (Wildman–Crippen MR) is 126 cm³/mol. The molecule has 0 saturated carbocycles. The third-order valence-electron chi connectivity index (χ3n) is 5.09. The monoisotopic (exact) mass is 426 g/mol. The number of carbonyl (C=O) groups excluding carboxylic acids is 2. The highest BCUT2D eigenvalue weighted by molar-refractivity contribution is 7.99. The van der Waals surface area contributed by atoms with E-state index in [4.69, 9.17) is 0 Å². The molecule has 162 valence electrons. The molecule has 1 atom stereocenters. The summed E-state index contributed by atoms with van der Waals surface area (Å²) in [6, 6.07) is 18.0. The Balaban J connectivity index is 1.96. The standard InChI is InChI=1S/C25H34N2O2S/c1-4-5-17-26-25(29)21(3)27(18-15-22-9-7-6-8-10-22)24(28)16-19-30-23-13-11-20(2)12-14-23/h6-14,21H,4-5,15-19H2,1-3H3,(H,26,29)/t21-/m1/s1. The normalized spacial score (nSPS) is 11.7. The summed E-state index contributed by atoms with van der Waals surface area (Å²) in [4.78, 5) is 28.5. The molecule has 4 nitrogen and oxygen atoms in total. The van der Waals surface area contributed by atoms with Gasteiger partial charge in [0.25, 0.3) is 0 Å². The van der Waals surface area contributed by atoms with Crippen molar-refractivity contribution >= 4 is 23.6 Å². The Labute approximate surface area is 185 Å². The van der Waals surface area contributed by atoms with Crippen molar-refractivity contribution in [2.45, 2.75) is 57.4 Å². The van der Waals surface area contributed by atoms with Crippen LogP contribution in [0.4, 0.5) is 0 Å². The first-order valence-corrected chi connectivity index (χ1v) is 11.8. The summed E-state index contributed by atoms with van der Waals surface area (Å²) in [6.07, 6.45) is 3.13. The van der Waals surface area contributed by atoms with Crippen molar-refractivity contribution in [1.29, 1.82) is 0 Å². The average molecular weight is 427 g/mol.